The number of fused-ring (bicyclic) bond motifs is 16. The number of rotatable bonds is 12. The third kappa shape index (κ3) is 17.4. The molecule has 12 heterocycles. The van der Waals surface area contributed by atoms with Gasteiger partial charge in [0.1, 0.15) is 135 Å². The first-order valence-electron chi connectivity index (χ1n) is 40.8. The van der Waals surface area contributed by atoms with E-state index in [2.05, 4.69) is 24.7 Å². The zero-order valence-electron chi connectivity index (χ0n) is 72.5. The fourth-order valence-corrected chi connectivity index (χ4v) is 18.3. The second kappa shape index (κ2) is 38.3. The maximum absolute atomic E-state index is 13.7. The Morgan fingerprint density at radius 1 is 0.310 bits per heavy atom. The molecule has 0 saturated carbocycles. The first kappa shape index (κ1) is 98.7. The summed E-state index contributed by atoms with van der Waals surface area (Å²) in [7, 11) is 2.38. The number of halogens is 12. The topological polar surface area (TPSA) is 464 Å². The van der Waals surface area contributed by atoms with Crippen LogP contribution in [-0.4, -0.2) is 153 Å². The number of ether oxygens (including phenoxy) is 6. The van der Waals surface area contributed by atoms with Crippen LogP contribution in [0.1, 0.15) is 193 Å². The molecule has 10 N–H and O–H groups in total. The van der Waals surface area contributed by atoms with Crippen molar-refractivity contribution in [3.8, 4) is 98.0 Å². The quantitative estimate of drug-likeness (QED) is 0.0401. The van der Waals surface area contributed by atoms with E-state index in [0.29, 0.717) is 0 Å². The highest BCUT2D eigenvalue weighted by Gasteiger charge is 2.42. The van der Waals surface area contributed by atoms with Crippen LogP contribution in [0, 0.1) is 20.8 Å². The SMILES string of the molecule is CC(=O)c1ccc(C(=O)c2cc(Cl)c3n2-c2c([nH]c(Cl)c2Cl)C(=O)c2ccc(C(=O)O)cc2O3)c(O)c1.COC(=O)c1ccc(C(=O)c2cc(Cl)c3n2-c2c([nH]c(Cl)c2Cl)C(=O)c2ccc(C(=O)OC)cc2O3)c(O)c1.Cc1ccc(C(=O)c2cc(Cl)c3n2-c2c([nH]c(Cl)c2Cl)C(=O)c2ccc(C)cc2O3)c(O)c1.Cc1ccc(C(=O)c2cc(Cl)c3n2-c2c([nH]c(Cl)c2Cl)C(=O)c2ccc(O)cc2O3)c(O)c1. The average molecular weight is 2150 g/mol. The van der Waals surface area contributed by atoms with Crippen molar-refractivity contribution < 1.29 is 117 Å². The van der Waals surface area contributed by atoms with E-state index < -0.39 is 75.7 Å². The highest BCUT2D eigenvalue weighted by molar-refractivity contribution is 6.47. The van der Waals surface area contributed by atoms with Gasteiger partial charge in [-0.3, -0.25) is 61.4 Å². The van der Waals surface area contributed by atoms with Gasteiger partial charge in [-0.05, 0) is 184 Å². The van der Waals surface area contributed by atoms with Gasteiger partial charge in [0.05, 0.1) is 121 Å². The summed E-state index contributed by atoms with van der Waals surface area (Å²) in [6, 6.07) is 38.8. The zero-order valence-corrected chi connectivity index (χ0v) is 81.6. The number of benzene rings is 8. The minimum atomic E-state index is -1.26. The van der Waals surface area contributed by atoms with E-state index in [9.17, 15) is 88.2 Å². The Labute approximate surface area is 856 Å². The number of phenolic OH excluding ortho intramolecular Hbond substituents is 5. The van der Waals surface area contributed by atoms with Gasteiger partial charge in [-0.15, -0.1) is 0 Å². The van der Waals surface area contributed by atoms with Crippen molar-refractivity contribution in [1.82, 2.24) is 38.2 Å². The largest absolute Gasteiger partial charge is 0.508 e. The number of nitrogens with one attached hydrogen (secondary N) is 4. The van der Waals surface area contributed by atoms with Gasteiger partial charge in [-0.1, -0.05) is 163 Å². The molecule has 0 bridgehead atoms. The molecule has 0 saturated heterocycles. The molecular weight excluding hydrogens is 2100 g/mol. The van der Waals surface area contributed by atoms with E-state index in [-0.39, 0.29) is 265 Å². The molecule has 4 aliphatic heterocycles. The van der Waals surface area contributed by atoms with E-state index in [0.717, 1.165) is 39.5 Å². The molecule has 0 radical (unpaired) electrons. The number of carboxylic acid groups (broad SMARTS) is 1. The number of carbonyl (C=O) groups excluding carboxylic acids is 11. The second-order valence-electron chi connectivity index (χ2n) is 31.5. The Bertz CT molecular complexity index is 8120. The average Bonchev–Trinajstić information content (AvgIpc) is 1.59. The Balaban J connectivity index is 0.000000131. The number of hydrogen-bond acceptors (Lipinski definition) is 23. The summed E-state index contributed by atoms with van der Waals surface area (Å²) < 4.78 is 38.3. The van der Waals surface area contributed by atoms with Gasteiger partial charge in [0.25, 0.3) is 0 Å². The molecule has 8 aromatic heterocycles. The molecule has 142 heavy (non-hydrogen) atoms. The lowest BCUT2D eigenvalue weighted by Crippen LogP contribution is -2.17. The molecule has 0 unspecified atom stereocenters. The molecule has 0 aliphatic carbocycles. The van der Waals surface area contributed by atoms with Crippen molar-refractivity contribution in [3.63, 3.8) is 0 Å². The van der Waals surface area contributed by atoms with Crippen LogP contribution in [0.5, 0.6) is 75.3 Å². The summed E-state index contributed by atoms with van der Waals surface area (Å²) in [6.07, 6.45) is 0. The first-order valence-corrected chi connectivity index (χ1v) is 45.3. The second-order valence-corrected chi connectivity index (χ2v) is 36.1. The Morgan fingerprint density at radius 3 is 0.880 bits per heavy atom. The molecule has 44 heteroatoms. The molecule has 32 nitrogen and oxygen atoms in total. The molecule has 4 aliphatic rings. The zero-order chi connectivity index (χ0) is 102. The fourth-order valence-electron chi connectivity index (χ4n) is 15.8. The predicted octanol–water partition coefficient (Wildman–Crippen LogP) is 24.3. The van der Waals surface area contributed by atoms with Gasteiger partial charge < -0.3 is 79.0 Å². The molecule has 0 fully saturated rings. The van der Waals surface area contributed by atoms with Crippen LogP contribution in [0.25, 0.3) is 22.7 Å². The molecule has 8 aromatic carbocycles. The maximum Gasteiger partial charge on any atom is 0.337 e. The van der Waals surface area contributed by atoms with E-state index in [4.69, 9.17) is 163 Å². The number of aromatic hydroxyl groups is 5. The third-order valence-electron chi connectivity index (χ3n) is 22.5. The van der Waals surface area contributed by atoms with E-state index in [1.54, 1.807) is 44.2 Å². The highest BCUT2D eigenvalue weighted by Crippen LogP contribution is 2.53. The monoisotopic (exact) mass is 2150 g/mol. The Morgan fingerprint density at radius 2 is 0.563 bits per heavy atom. The smallest absolute Gasteiger partial charge is 0.337 e. The summed E-state index contributed by atoms with van der Waals surface area (Å²) >= 11 is 76.8. The number of aryl methyl sites for hydroxylation is 3. The minimum absolute atomic E-state index is 0.00376. The van der Waals surface area contributed by atoms with Crippen LogP contribution in [0.2, 0.25) is 60.8 Å². The number of carboxylic acids is 1. The van der Waals surface area contributed by atoms with Gasteiger partial charge in [0, 0.05) is 11.6 Å². The highest BCUT2D eigenvalue weighted by atomic mass is 35.5. The number of ketones is 9. The lowest BCUT2D eigenvalue weighted by atomic mass is 10.0. The molecule has 20 rings (SSSR count). The molecule has 0 spiro atoms. The molecule has 716 valence electrons. The minimum Gasteiger partial charge on any atom is -0.508 e. The van der Waals surface area contributed by atoms with E-state index in [1.165, 1.54) is 156 Å². The van der Waals surface area contributed by atoms with Gasteiger partial charge >= 0.3 is 17.9 Å². The number of aromatic nitrogens is 8. The number of H-pyrrole nitrogens is 4. The Kier molecular flexibility index (Phi) is 26.6. The number of hydrogen-bond donors (Lipinski definition) is 10. The number of nitrogens with zero attached hydrogens (tertiary/aromatic N) is 4. The number of methoxy groups -OCH3 is 2. The number of carbonyl (C=O) groups is 12. The van der Waals surface area contributed by atoms with Crippen LogP contribution in [0.3, 0.4) is 0 Å². The van der Waals surface area contributed by atoms with Crippen molar-refractivity contribution in [2.75, 3.05) is 14.2 Å². The summed E-state index contributed by atoms with van der Waals surface area (Å²) in [4.78, 5) is 166. The number of phenols is 5. The van der Waals surface area contributed by atoms with Crippen LogP contribution < -0.4 is 18.9 Å². The molecule has 0 atom stereocenters. The van der Waals surface area contributed by atoms with Crippen molar-refractivity contribution in [2.45, 2.75) is 27.7 Å². The molecular formula is C98H56Cl12N8O24. The number of aromatic amines is 4. The lowest BCUT2D eigenvalue weighted by Gasteiger charge is -2.20. The van der Waals surface area contributed by atoms with Crippen LogP contribution in [0.15, 0.2) is 170 Å². The van der Waals surface area contributed by atoms with Crippen molar-refractivity contribution in [1.29, 1.82) is 0 Å². The van der Waals surface area contributed by atoms with Gasteiger partial charge in [-0.2, -0.15) is 0 Å². The van der Waals surface area contributed by atoms with E-state index in [1.807, 2.05) is 6.92 Å². The summed E-state index contributed by atoms with van der Waals surface area (Å²) in [6.45, 7) is 6.74. The van der Waals surface area contributed by atoms with Crippen molar-refractivity contribution in [3.05, 3.63) is 360 Å². The first-order chi connectivity index (χ1) is 67.4. The van der Waals surface area contributed by atoms with Crippen LogP contribution in [-0.2, 0) is 9.47 Å². The van der Waals surface area contributed by atoms with Crippen LogP contribution in [0.4, 0.5) is 0 Å². The summed E-state index contributed by atoms with van der Waals surface area (Å²) in [5, 5.41) is 60.7. The summed E-state index contributed by atoms with van der Waals surface area (Å²) in [5.74, 6) is -9.39. The number of aromatic carboxylic acids is 1. The van der Waals surface area contributed by atoms with Crippen molar-refractivity contribution >= 4 is 209 Å². The van der Waals surface area contributed by atoms with Gasteiger partial charge in [0.2, 0.25) is 69.8 Å². The maximum atomic E-state index is 13.7. The summed E-state index contributed by atoms with van der Waals surface area (Å²) in [5.41, 5.74) is 2.45. The molecule has 16 aromatic rings. The van der Waals surface area contributed by atoms with Crippen LogP contribution >= 0.6 is 139 Å². The predicted molar refractivity (Wildman–Crippen MR) is 522 cm³/mol. The normalized spacial score (nSPS) is 12.1. The Hall–Kier alpha value is -14.9. The van der Waals surface area contributed by atoms with Gasteiger partial charge in [-0.25, -0.2) is 14.4 Å². The van der Waals surface area contributed by atoms with Gasteiger partial charge in [0.15, 0.2) is 5.78 Å². The standard InChI is InChI=1S/C26H15Cl3N2O8.C25H13Cl3N2O7.C24H15Cl3N2O4.C23H13Cl3N2O5/c1-37-25(35)10-3-5-12(16(32)7-10)21(33)15-9-14(27)24-31(15)20-18(28)23(29)30-19(20)22(34)13-6-4-11(26(36)38-2)8-17(13)39-24;1-9(31)10-2-4-12(16(32)6-10)21(33)15-8-14(26)24-30(15)20-18(27)23(28)29-19(20)22(34)13-5-3-11(25(35)36)7-17(13)37-24;1-10-3-5-12(16(30)7-10)21(31)15-9-14(25)24-29(15)20-18(26)23(27)28-19(20)22(32)13-6-4-11(2)8-17(13)33-24;1-9-2-4-11(15(30)6-9)20(31)14-8-13(24)23-28(14)19-17(25)22(26)27-18(19)21(32)12-5-3-10(29)7-16(12)33-23/h3-9,30,32H,1-2H3;2-8,29,32H,1H3,(H,35,36);3-9,28,30H,1-2H3;2-8,27,29-30H,1H3. The fraction of sp³-hybridized carbons (Fsp3) is 0.0612. The van der Waals surface area contributed by atoms with E-state index >= 15 is 0 Å². The number of esters is 2. The number of Topliss-reactive ketones (excluding diaryl/α,β-unsaturated/α-hetero) is 1. The van der Waals surface area contributed by atoms with Crippen molar-refractivity contribution in [2.24, 2.45) is 0 Å². The third-order valence-corrected chi connectivity index (χ3v) is 26.6. The molecule has 0 amide bonds. The lowest BCUT2D eigenvalue weighted by molar-refractivity contribution is 0.0591.